The summed E-state index contributed by atoms with van der Waals surface area (Å²) in [5.74, 6) is 0.705. The molecule has 1 atom stereocenters. The van der Waals surface area contributed by atoms with Crippen LogP contribution in [0.4, 0.5) is 0 Å². The lowest BCUT2D eigenvalue weighted by atomic mass is 10.2. The van der Waals surface area contributed by atoms with Gasteiger partial charge in [0.25, 0.3) is 5.56 Å². The molecule has 0 aliphatic carbocycles. The highest BCUT2D eigenvalue weighted by atomic mass is 79.9. The second-order valence-electron chi connectivity index (χ2n) is 4.82. The van der Waals surface area contributed by atoms with Gasteiger partial charge >= 0.3 is 0 Å². The van der Waals surface area contributed by atoms with Gasteiger partial charge in [-0.1, -0.05) is 0 Å². The van der Waals surface area contributed by atoms with Crippen LogP contribution in [0.2, 0.25) is 0 Å². The molecule has 2 rings (SSSR count). The molecule has 0 saturated heterocycles. The minimum absolute atomic E-state index is 0.0363. The summed E-state index contributed by atoms with van der Waals surface area (Å²) in [6.07, 6.45) is 3.54. The Bertz CT molecular complexity index is 664. The quantitative estimate of drug-likeness (QED) is 0.831. The van der Waals surface area contributed by atoms with Gasteiger partial charge in [-0.2, -0.15) is 0 Å². The van der Waals surface area contributed by atoms with Crippen LogP contribution in [0.3, 0.4) is 0 Å². The van der Waals surface area contributed by atoms with Crippen LogP contribution in [-0.4, -0.2) is 22.4 Å². The zero-order valence-electron chi connectivity index (χ0n) is 12.0. The van der Waals surface area contributed by atoms with Gasteiger partial charge in [-0.3, -0.25) is 9.59 Å². The summed E-state index contributed by atoms with van der Waals surface area (Å²) >= 11 is 3.31. The predicted octanol–water partition coefficient (Wildman–Crippen LogP) is 2.81. The molecule has 0 N–H and O–H groups in total. The second-order valence-corrected chi connectivity index (χ2v) is 5.74. The summed E-state index contributed by atoms with van der Waals surface area (Å²) < 4.78 is 7.64. The van der Waals surface area contributed by atoms with Gasteiger partial charge in [0.2, 0.25) is 5.91 Å². The van der Waals surface area contributed by atoms with Gasteiger partial charge in [0.15, 0.2) is 0 Å². The van der Waals surface area contributed by atoms with Crippen LogP contribution in [-0.2, 0) is 11.3 Å². The molecule has 2 aromatic rings. The standard InChI is InChI=1S/C15H17BrN2O3/c1-11(13-4-3-9-21-13)17(2)14(19)7-8-18-10-12(16)5-6-15(18)20/h3-6,9-11H,7-8H2,1-2H3. The summed E-state index contributed by atoms with van der Waals surface area (Å²) in [6.45, 7) is 2.26. The number of carbonyl (C=O) groups excluding carboxylic acids is 1. The average molecular weight is 353 g/mol. The molecular weight excluding hydrogens is 336 g/mol. The molecule has 0 aliphatic heterocycles. The van der Waals surface area contributed by atoms with Crippen molar-refractivity contribution >= 4 is 21.8 Å². The number of aromatic nitrogens is 1. The molecule has 0 fully saturated rings. The highest BCUT2D eigenvalue weighted by Gasteiger charge is 2.19. The van der Waals surface area contributed by atoms with Crippen LogP contribution in [0.1, 0.15) is 25.1 Å². The van der Waals surface area contributed by atoms with E-state index in [1.165, 1.54) is 10.6 Å². The van der Waals surface area contributed by atoms with E-state index in [4.69, 9.17) is 4.42 Å². The predicted molar refractivity (Wildman–Crippen MR) is 82.9 cm³/mol. The molecule has 2 heterocycles. The van der Waals surface area contributed by atoms with E-state index >= 15 is 0 Å². The van der Waals surface area contributed by atoms with E-state index in [-0.39, 0.29) is 23.9 Å². The number of halogens is 1. The third kappa shape index (κ3) is 3.85. The molecule has 0 spiro atoms. The Labute approximate surface area is 131 Å². The van der Waals surface area contributed by atoms with Crippen LogP contribution in [0, 0.1) is 0 Å². The normalized spacial score (nSPS) is 12.1. The first-order chi connectivity index (χ1) is 9.99. The summed E-state index contributed by atoms with van der Waals surface area (Å²) in [6, 6.07) is 6.67. The molecule has 0 aromatic carbocycles. The van der Waals surface area contributed by atoms with Gasteiger partial charge in [0.05, 0.1) is 12.3 Å². The number of aryl methyl sites for hydroxylation is 1. The SMILES string of the molecule is CC(c1ccco1)N(C)C(=O)CCn1cc(Br)ccc1=O. The summed E-state index contributed by atoms with van der Waals surface area (Å²) in [7, 11) is 1.74. The maximum absolute atomic E-state index is 12.2. The maximum atomic E-state index is 12.2. The number of amides is 1. The van der Waals surface area contributed by atoms with Crippen LogP contribution in [0.5, 0.6) is 0 Å². The molecule has 6 heteroatoms. The Morgan fingerprint density at radius 1 is 1.43 bits per heavy atom. The molecule has 0 radical (unpaired) electrons. The lowest BCUT2D eigenvalue weighted by molar-refractivity contribution is -0.132. The van der Waals surface area contributed by atoms with Crippen molar-refractivity contribution in [3.63, 3.8) is 0 Å². The number of nitrogens with zero attached hydrogens (tertiary/aromatic N) is 2. The summed E-state index contributed by atoms with van der Waals surface area (Å²) in [4.78, 5) is 25.5. The topological polar surface area (TPSA) is 55.5 Å². The average Bonchev–Trinajstić information content (AvgIpc) is 3.00. The zero-order chi connectivity index (χ0) is 15.4. The minimum Gasteiger partial charge on any atom is -0.467 e. The first kappa shape index (κ1) is 15.6. The lowest BCUT2D eigenvalue weighted by Crippen LogP contribution is -2.31. The van der Waals surface area contributed by atoms with Crippen molar-refractivity contribution in [2.24, 2.45) is 0 Å². The van der Waals surface area contributed by atoms with Crippen molar-refractivity contribution in [2.45, 2.75) is 25.9 Å². The van der Waals surface area contributed by atoms with Crippen LogP contribution in [0.15, 0.2) is 50.4 Å². The fourth-order valence-electron chi connectivity index (χ4n) is 2.01. The highest BCUT2D eigenvalue weighted by molar-refractivity contribution is 9.10. The Morgan fingerprint density at radius 3 is 2.86 bits per heavy atom. The Kier molecular flexibility index (Phi) is 5.01. The van der Waals surface area contributed by atoms with Crippen molar-refractivity contribution in [3.05, 3.63) is 57.3 Å². The van der Waals surface area contributed by atoms with Gasteiger partial charge in [0.1, 0.15) is 5.76 Å². The summed E-state index contributed by atoms with van der Waals surface area (Å²) in [5, 5.41) is 0. The van der Waals surface area contributed by atoms with E-state index in [9.17, 15) is 9.59 Å². The van der Waals surface area contributed by atoms with Gasteiger partial charge in [-0.25, -0.2) is 0 Å². The first-order valence-electron chi connectivity index (χ1n) is 6.64. The largest absolute Gasteiger partial charge is 0.467 e. The third-order valence-electron chi connectivity index (χ3n) is 3.44. The Morgan fingerprint density at radius 2 is 2.19 bits per heavy atom. The molecule has 112 valence electrons. The van der Waals surface area contributed by atoms with Crippen LogP contribution in [0.25, 0.3) is 0 Å². The molecule has 0 bridgehead atoms. The number of carbonyl (C=O) groups is 1. The Balaban J connectivity index is 1.98. The fourth-order valence-corrected chi connectivity index (χ4v) is 2.38. The third-order valence-corrected chi connectivity index (χ3v) is 3.91. The minimum atomic E-state index is -0.133. The van der Waals surface area contributed by atoms with E-state index in [2.05, 4.69) is 15.9 Å². The van der Waals surface area contributed by atoms with Gasteiger partial charge in [-0.15, -0.1) is 0 Å². The van der Waals surface area contributed by atoms with Crippen molar-refractivity contribution in [1.29, 1.82) is 0 Å². The number of hydrogen-bond donors (Lipinski definition) is 0. The second kappa shape index (κ2) is 6.76. The summed E-state index contributed by atoms with van der Waals surface area (Å²) in [5.41, 5.74) is -0.118. The van der Waals surface area contributed by atoms with Crippen molar-refractivity contribution in [1.82, 2.24) is 9.47 Å². The number of pyridine rings is 1. The molecule has 0 aliphatic rings. The number of furan rings is 1. The maximum Gasteiger partial charge on any atom is 0.250 e. The van der Waals surface area contributed by atoms with Gasteiger partial charge in [-0.05, 0) is 41.1 Å². The Hall–Kier alpha value is -1.82. The van der Waals surface area contributed by atoms with Crippen molar-refractivity contribution in [2.75, 3.05) is 7.05 Å². The zero-order valence-corrected chi connectivity index (χ0v) is 13.5. The molecular formula is C15H17BrN2O3. The smallest absolute Gasteiger partial charge is 0.250 e. The van der Waals surface area contributed by atoms with Crippen molar-refractivity contribution in [3.8, 4) is 0 Å². The lowest BCUT2D eigenvalue weighted by Gasteiger charge is -2.23. The monoisotopic (exact) mass is 352 g/mol. The van der Waals surface area contributed by atoms with E-state index in [1.807, 2.05) is 13.0 Å². The van der Waals surface area contributed by atoms with E-state index in [1.54, 1.807) is 36.5 Å². The van der Waals surface area contributed by atoms with Crippen molar-refractivity contribution < 1.29 is 9.21 Å². The fraction of sp³-hybridized carbons (Fsp3) is 0.333. The van der Waals surface area contributed by atoms with Crippen LogP contribution < -0.4 is 5.56 Å². The molecule has 0 saturated carbocycles. The molecule has 1 unspecified atom stereocenters. The van der Waals surface area contributed by atoms with Crippen LogP contribution >= 0.6 is 15.9 Å². The van der Waals surface area contributed by atoms with Gasteiger partial charge < -0.3 is 13.9 Å². The number of rotatable bonds is 5. The highest BCUT2D eigenvalue weighted by Crippen LogP contribution is 2.19. The van der Waals surface area contributed by atoms with E-state index < -0.39 is 0 Å². The number of hydrogen-bond acceptors (Lipinski definition) is 3. The molecule has 21 heavy (non-hydrogen) atoms. The van der Waals surface area contributed by atoms with E-state index in [0.29, 0.717) is 6.54 Å². The van der Waals surface area contributed by atoms with Gasteiger partial charge in [0, 0.05) is 36.7 Å². The molecule has 2 aromatic heterocycles. The first-order valence-corrected chi connectivity index (χ1v) is 7.43. The molecule has 1 amide bonds. The molecule has 5 nitrogen and oxygen atoms in total. The van der Waals surface area contributed by atoms with E-state index in [0.717, 1.165) is 10.2 Å².